The zero-order chi connectivity index (χ0) is 17.3. The van der Waals surface area contributed by atoms with Crippen LogP contribution in [0.4, 0.5) is 0 Å². The quantitative estimate of drug-likeness (QED) is 0.780. The van der Waals surface area contributed by atoms with Gasteiger partial charge in [-0.2, -0.15) is 0 Å². The number of aryl methyl sites for hydroxylation is 1. The minimum atomic E-state index is -0.0535. The first-order valence-electron chi connectivity index (χ1n) is 8.12. The van der Waals surface area contributed by atoms with E-state index in [-0.39, 0.29) is 17.6 Å². The summed E-state index contributed by atoms with van der Waals surface area (Å²) in [4.78, 5) is 15.2. The summed E-state index contributed by atoms with van der Waals surface area (Å²) >= 11 is 6.28. The Morgan fingerprint density at radius 3 is 2.50 bits per heavy atom. The number of carbonyl (C=O) groups is 1. The van der Waals surface area contributed by atoms with E-state index in [2.05, 4.69) is 11.9 Å². The molecule has 0 saturated carbocycles. The van der Waals surface area contributed by atoms with Gasteiger partial charge in [-0.3, -0.25) is 4.79 Å². The molecule has 24 heavy (non-hydrogen) atoms. The zero-order valence-electron chi connectivity index (χ0n) is 14.3. The fraction of sp³-hybridized carbons (Fsp3) is 0.350. The SMILES string of the molecule is COc1ccc([C@H]2CN(C)C[C@@H]2C(=O)c2ccc(C)cc2)cc1Cl. The molecule has 1 fully saturated rings. The molecule has 1 aliphatic heterocycles. The van der Waals surface area contributed by atoms with E-state index >= 15 is 0 Å². The number of Topliss-reactive ketones (excluding diaryl/α,β-unsaturated/α-hetero) is 1. The van der Waals surface area contributed by atoms with Crippen molar-refractivity contribution in [1.29, 1.82) is 0 Å². The third-order valence-corrected chi connectivity index (χ3v) is 5.07. The van der Waals surface area contributed by atoms with E-state index in [4.69, 9.17) is 16.3 Å². The average Bonchev–Trinajstić information content (AvgIpc) is 2.96. The summed E-state index contributed by atoms with van der Waals surface area (Å²) < 4.78 is 5.23. The maximum atomic E-state index is 13.0. The lowest BCUT2D eigenvalue weighted by Gasteiger charge is -2.19. The van der Waals surface area contributed by atoms with E-state index in [1.165, 1.54) is 0 Å². The van der Waals surface area contributed by atoms with Crippen molar-refractivity contribution in [2.75, 3.05) is 27.2 Å². The molecule has 0 radical (unpaired) electrons. The molecular weight excluding hydrogens is 322 g/mol. The zero-order valence-corrected chi connectivity index (χ0v) is 15.0. The molecule has 0 aliphatic carbocycles. The first-order valence-corrected chi connectivity index (χ1v) is 8.50. The van der Waals surface area contributed by atoms with Gasteiger partial charge in [-0.15, -0.1) is 0 Å². The van der Waals surface area contributed by atoms with Crippen LogP contribution < -0.4 is 4.74 Å². The van der Waals surface area contributed by atoms with Crippen LogP contribution in [0.5, 0.6) is 5.75 Å². The molecule has 1 heterocycles. The average molecular weight is 344 g/mol. The summed E-state index contributed by atoms with van der Waals surface area (Å²) in [6.45, 7) is 3.64. The van der Waals surface area contributed by atoms with Crippen LogP contribution >= 0.6 is 11.6 Å². The Hall–Kier alpha value is -1.84. The Bertz CT molecular complexity index is 742. The molecule has 2 aromatic carbocycles. The first kappa shape index (κ1) is 17.0. The third-order valence-electron chi connectivity index (χ3n) is 4.78. The Labute approximate surface area is 148 Å². The molecule has 0 unspecified atom stereocenters. The lowest BCUT2D eigenvalue weighted by Crippen LogP contribution is -2.22. The van der Waals surface area contributed by atoms with Crippen LogP contribution in [-0.4, -0.2) is 37.9 Å². The fourth-order valence-corrected chi connectivity index (χ4v) is 3.72. The van der Waals surface area contributed by atoms with Crippen LogP contribution in [0.2, 0.25) is 5.02 Å². The molecule has 0 amide bonds. The maximum absolute atomic E-state index is 13.0. The van der Waals surface area contributed by atoms with Gasteiger partial charge in [-0.05, 0) is 31.7 Å². The lowest BCUT2D eigenvalue weighted by molar-refractivity contribution is 0.0915. The molecule has 2 aromatic rings. The number of benzene rings is 2. The van der Waals surface area contributed by atoms with Crippen LogP contribution in [0.3, 0.4) is 0 Å². The fourth-order valence-electron chi connectivity index (χ4n) is 3.45. The van der Waals surface area contributed by atoms with Crippen molar-refractivity contribution in [3.63, 3.8) is 0 Å². The standard InChI is InChI=1S/C20H22ClNO2/c1-13-4-6-14(7-5-13)20(23)17-12-22(2)11-16(17)15-8-9-19(24-3)18(21)10-15/h4-10,16-17H,11-12H2,1-3H3/t16-,17+/m1/s1. The molecule has 3 rings (SSSR count). The Kier molecular flexibility index (Phi) is 4.93. The van der Waals surface area contributed by atoms with E-state index in [0.717, 1.165) is 29.8 Å². The van der Waals surface area contributed by atoms with Gasteiger partial charge in [0.15, 0.2) is 5.78 Å². The number of hydrogen-bond donors (Lipinski definition) is 0. The number of likely N-dealkylation sites (tertiary alicyclic amines) is 1. The van der Waals surface area contributed by atoms with Crippen LogP contribution in [-0.2, 0) is 0 Å². The summed E-state index contributed by atoms with van der Waals surface area (Å²) in [6.07, 6.45) is 0. The highest BCUT2D eigenvalue weighted by Gasteiger charge is 2.37. The second kappa shape index (κ2) is 6.96. The van der Waals surface area contributed by atoms with E-state index < -0.39 is 0 Å². The van der Waals surface area contributed by atoms with Gasteiger partial charge in [0.05, 0.1) is 12.1 Å². The van der Waals surface area contributed by atoms with Crippen LogP contribution in [0.15, 0.2) is 42.5 Å². The largest absolute Gasteiger partial charge is 0.495 e. The molecule has 1 aliphatic rings. The van der Waals surface area contributed by atoms with Gasteiger partial charge in [0.1, 0.15) is 5.75 Å². The summed E-state index contributed by atoms with van der Waals surface area (Å²) in [6, 6.07) is 13.7. The predicted octanol–water partition coefficient (Wildman–Crippen LogP) is 4.19. The van der Waals surface area contributed by atoms with E-state index in [1.807, 2.05) is 49.4 Å². The summed E-state index contributed by atoms with van der Waals surface area (Å²) in [7, 11) is 3.66. The number of halogens is 1. The number of likely N-dealkylation sites (N-methyl/N-ethyl adjacent to an activating group) is 1. The van der Waals surface area contributed by atoms with Crippen molar-refractivity contribution < 1.29 is 9.53 Å². The highest BCUT2D eigenvalue weighted by atomic mass is 35.5. The minimum absolute atomic E-state index is 0.0535. The first-order chi connectivity index (χ1) is 11.5. The Morgan fingerprint density at radius 1 is 1.17 bits per heavy atom. The summed E-state index contributed by atoms with van der Waals surface area (Å²) in [5.74, 6) is 0.957. The third kappa shape index (κ3) is 3.33. The maximum Gasteiger partial charge on any atom is 0.167 e. The topological polar surface area (TPSA) is 29.5 Å². The number of methoxy groups -OCH3 is 1. The summed E-state index contributed by atoms with van der Waals surface area (Å²) in [5, 5.41) is 0.589. The van der Waals surface area contributed by atoms with Crippen molar-refractivity contribution in [3.8, 4) is 5.75 Å². The highest BCUT2D eigenvalue weighted by molar-refractivity contribution is 6.32. The van der Waals surface area contributed by atoms with Gasteiger partial charge in [-0.25, -0.2) is 0 Å². The van der Waals surface area contributed by atoms with Gasteiger partial charge in [-0.1, -0.05) is 47.5 Å². The molecule has 126 valence electrons. The van der Waals surface area contributed by atoms with E-state index in [9.17, 15) is 4.79 Å². The van der Waals surface area contributed by atoms with Crippen LogP contribution in [0, 0.1) is 12.8 Å². The molecule has 0 aromatic heterocycles. The van der Waals surface area contributed by atoms with Crippen molar-refractivity contribution in [2.45, 2.75) is 12.8 Å². The molecule has 2 atom stereocenters. The molecule has 0 bridgehead atoms. The molecule has 1 saturated heterocycles. The molecule has 0 spiro atoms. The van der Waals surface area contributed by atoms with E-state index in [1.54, 1.807) is 7.11 Å². The van der Waals surface area contributed by atoms with Gasteiger partial charge < -0.3 is 9.64 Å². The minimum Gasteiger partial charge on any atom is -0.495 e. The van der Waals surface area contributed by atoms with Crippen LogP contribution in [0.1, 0.15) is 27.4 Å². The van der Waals surface area contributed by atoms with Gasteiger partial charge >= 0.3 is 0 Å². The molecule has 4 heteroatoms. The van der Waals surface area contributed by atoms with Gasteiger partial charge in [0.25, 0.3) is 0 Å². The number of rotatable bonds is 4. The van der Waals surface area contributed by atoms with Crippen molar-refractivity contribution in [1.82, 2.24) is 4.90 Å². The summed E-state index contributed by atoms with van der Waals surface area (Å²) in [5.41, 5.74) is 3.04. The van der Waals surface area contributed by atoms with Crippen molar-refractivity contribution in [3.05, 3.63) is 64.2 Å². The van der Waals surface area contributed by atoms with Crippen LogP contribution in [0.25, 0.3) is 0 Å². The van der Waals surface area contributed by atoms with Crippen molar-refractivity contribution in [2.24, 2.45) is 5.92 Å². The highest BCUT2D eigenvalue weighted by Crippen LogP contribution is 2.37. The predicted molar refractivity (Wildman–Crippen MR) is 97.2 cm³/mol. The lowest BCUT2D eigenvalue weighted by atomic mass is 9.83. The van der Waals surface area contributed by atoms with Crippen molar-refractivity contribution >= 4 is 17.4 Å². The molecule has 3 nitrogen and oxygen atoms in total. The monoisotopic (exact) mass is 343 g/mol. The number of carbonyl (C=O) groups excluding carboxylic acids is 1. The smallest absolute Gasteiger partial charge is 0.167 e. The number of ketones is 1. The molecule has 0 N–H and O–H groups in total. The number of ether oxygens (including phenoxy) is 1. The normalized spacial score (nSPS) is 21.0. The van der Waals surface area contributed by atoms with Gasteiger partial charge in [0.2, 0.25) is 0 Å². The van der Waals surface area contributed by atoms with Gasteiger partial charge in [0, 0.05) is 30.5 Å². The molecular formula is C20H22ClNO2. The van der Waals surface area contributed by atoms with E-state index in [0.29, 0.717) is 10.8 Å². The Morgan fingerprint density at radius 2 is 1.88 bits per heavy atom. The number of nitrogens with zero attached hydrogens (tertiary/aromatic N) is 1. The second-order valence-corrected chi connectivity index (χ2v) is 6.97. The second-order valence-electron chi connectivity index (χ2n) is 6.56. The Balaban J connectivity index is 1.90. The number of hydrogen-bond acceptors (Lipinski definition) is 3.